The number of sulfonamides is 1. The van der Waals surface area contributed by atoms with Crippen molar-refractivity contribution in [3.05, 3.63) is 52.5 Å². The van der Waals surface area contributed by atoms with E-state index in [9.17, 15) is 13.7 Å². The van der Waals surface area contributed by atoms with Crippen LogP contribution in [0.15, 0.2) is 40.1 Å². The Hall–Kier alpha value is -2.47. The summed E-state index contributed by atoms with van der Waals surface area (Å²) in [6.45, 7) is 4.53. The molecule has 2 heterocycles. The van der Waals surface area contributed by atoms with E-state index in [-0.39, 0.29) is 10.8 Å². The zero-order chi connectivity index (χ0) is 18.7. The van der Waals surface area contributed by atoms with Gasteiger partial charge in [0.2, 0.25) is 10.0 Å². The molecule has 0 aliphatic rings. The molecule has 6 nitrogen and oxygen atoms in total. The minimum absolute atomic E-state index is 0.208. The predicted molar refractivity (Wildman–Crippen MR) is 104 cm³/mol. The number of fused-ring (bicyclic) bond motifs is 1. The minimum atomic E-state index is -3.49. The molecule has 3 rings (SSSR count). The molecule has 2 aromatic heterocycles. The molecule has 1 aromatic carbocycles. The highest BCUT2D eigenvalue weighted by Crippen LogP contribution is 2.28. The van der Waals surface area contributed by atoms with Gasteiger partial charge in [0.15, 0.2) is 0 Å². The van der Waals surface area contributed by atoms with Crippen LogP contribution in [0, 0.1) is 25.2 Å². The van der Waals surface area contributed by atoms with E-state index in [1.165, 1.54) is 11.3 Å². The summed E-state index contributed by atoms with van der Waals surface area (Å²) in [7, 11) is -3.49. The van der Waals surface area contributed by atoms with E-state index in [1.54, 1.807) is 23.7 Å². The second-order valence-electron chi connectivity index (χ2n) is 5.89. The monoisotopic (exact) mass is 386 g/mol. The van der Waals surface area contributed by atoms with Crippen molar-refractivity contribution in [2.45, 2.75) is 18.1 Å². The minimum Gasteiger partial charge on any atom is -0.382 e. The van der Waals surface area contributed by atoms with Gasteiger partial charge in [-0.25, -0.2) is 13.1 Å². The normalized spacial score (nSPS) is 11.4. The maximum Gasteiger partial charge on any atom is 0.250 e. The standard InChI is InChI=1S/C18H18N4O2S2/c1-12-8-13(2)17-15(9-12)18(14(10-19)11-21-17)20-5-6-22-26(23,24)16-4-3-7-25-16/h3-4,7-9,11,22H,5-6H2,1-2H3,(H,20,21). The number of benzene rings is 1. The summed E-state index contributed by atoms with van der Waals surface area (Å²) in [6, 6.07) is 9.43. The van der Waals surface area contributed by atoms with Gasteiger partial charge < -0.3 is 5.32 Å². The number of hydrogen-bond donors (Lipinski definition) is 2. The number of aromatic nitrogens is 1. The molecular weight excluding hydrogens is 368 g/mol. The first kappa shape index (κ1) is 18.3. The number of thiophene rings is 1. The molecule has 0 saturated carbocycles. The Bertz CT molecular complexity index is 1080. The van der Waals surface area contributed by atoms with Crippen LogP contribution in [0.1, 0.15) is 16.7 Å². The van der Waals surface area contributed by atoms with Gasteiger partial charge in [0.05, 0.1) is 16.8 Å². The fraction of sp³-hybridized carbons (Fsp3) is 0.222. The third-order valence-electron chi connectivity index (χ3n) is 3.91. The summed E-state index contributed by atoms with van der Waals surface area (Å²) in [4.78, 5) is 4.38. The molecular formula is C18H18N4O2S2. The van der Waals surface area contributed by atoms with Crippen LogP contribution in [0.5, 0.6) is 0 Å². The second kappa shape index (κ2) is 7.41. The highest BCUT2D eigenvalue weighted by molar-refractivity contribution is 7.91. The van der Waals surface area contributed by atoms with Crippen molar-refractivity contribution < 1.29 is 8.42 Å². The van der Waals surface area contributed by atoms with E-state index in [0.717, 1.165) is 22.0 Å². The zero-order valence-corrected chi connectivity index (χ0v) is 16.0. The highest BCUT2D eigenvalue weighted by atomic mass is 32.2. The molecule has 8 heteroatoms. The van der Waals surface area contributed by atoms with Crippen LogP contribution in [-0.4, -0.2) is 26.5 Å². The Morgan fingerprint density at radius 2 is 2.08 bits per heavy atom. The Labute approximate surface area is 156 Å². The fourth-order valence-electron chi connectivity index (χ4n) is 2.80. The lowest BCUT2D eigenvalue weighted by Crippen LogP contribution is -2.28. The molecule has 0 aliphatic heterocycles. The van der Waals surface area contributed by atoms with Crippen LogP contribution in [0.2, 0.25) is 0 Å². The zero-order valence-electron chi connectivity index (χ0n) is 14.4. The maximum absolute atomic E-state index is 12.1. The molecule has 0 bridgehead atoms. The van der Waals surface area contributed by atoms with Crippen molar-refractivity contribution in [1.82, 2.24) is 9.71 Å². The number of aryl methyl sites for hydroxylation is 2. The molecule has 0 unspecified atom stereocenters. The van der Waals surface area contributed by atoms with Gasteiger partial charge in [0.25, 0.3) is 0 Å². The Balaban J connectivity index is 1.80. The van der Waals surface area contributed by atoms with Crippen LogP contribution < -0.4 is 10.0 Å². The Morgan fingerprint density at radius 3 is 2.77 bits per heavy atom. The first-order valence-electron chi connectivity index (χ1n) is 7.99. The van der Waals surface area contributed by atoms with Crippen molar-refractivity contribution in [3.63, 3.8) is 0 Å². The summed E-state index contributed by atoms with van der Waals surface area (Å²) in [6.07, 6.45) is 1.54. The van der Waals surface area contributed by atoms with Gasteiger partial charge in [-0.3, -0.25) is 4.98 Å². The lowest BCUT2D eigenvalue weighted by molar-refractivity contribution is 0.585. The molecule has 0 spiro atoms. The lowest BCUT2D eigenvalue weighted by atomic mass is 10.0. The molecule has 26 heavy (non-hydrogen) atoms. The summed E-state index contributed by atoms with van der Waals surface area (Å²) >= 11 is 1.17. The average Bonchev–Trinajstić information content (AvgIpc) is 3.14. The van der Waals surface area contributed by atoms with E-state index in [1.807, 2.05) is 26.0 Å². The van der Waals surface area contributed by atoms with Gasteiger partial charge in [-0.1, -0.05) is 17.7 Å². The number of pyridine rings is 1. The number of nitrogens with zero attached hydrogens (tertiary/aromatic N) is 2. The van der Waals surface area contributed by atoms with Crippen LogP contribution in [0.4, 0.5) is 5.69 Å². The SMILES string of the molecule is Cc1cc(C)c2ncc(C#N)c(NCCNS(=O)(=O)c3cccs3)c2c1. The maximum atomic E-state index is 12.1. The highest BCUT2D eigenvalue weighted by Gasteiger charge is 2.15. The molecule has 134 valence electrons. The van der Waals surface area contributed by atoms with Crippen molar-refractivity contribution in [2.75, 3.05) is 18.4 Å². The van der Waals surface area contributed by atoms with Gasteiger partial charge in [0.1, 0.15) is 10.3 Å². The summed E-state index contributed by atoms with van der Waals surface area (Å²) in [5, 5.41) is 15.2. The lowest BCUT2D eigenvalue weighted by Gasteiger charge is -2.13. The number of rotatable bonds is 6. The topological polar surface area (TPSA) is 94.9 Å². The summed E-state index contributed by atoms with van der Waals surface area (Å²) < 4.78 is 27.1. The largest absolute Gasteiger partial charge is 0.382 e. The number of hydrogen-bond acceptors (Lipinski definition) is 6. The van der Waals surface area contributed by atoms with Crippen molar-refractivity contribution in [2.24, 2.45) is 0 Å². The van der Waals surface area contributed by atoms with Gasteiger partial charge in [0, 0.05) is 24.7 Å². The average molecular weight is 387 g/mol. The molecule has 0 fully saturated rings. The molecule has 0 aliphatic carbocycles. The van der Waals surface area contributed by atoms with E-state index < -0.39 is 10.0 Å². The van der Waals surface area contributed by atoms with Crippen molar-refractivity contribution >= 4 is 38.0 Å². The Kier molecular flexibility index (Phi) is 5.23. The quantitative estimate of drug-likeness (QED) is 0.635. The van der Waals surface area contributed by atoms with Crippen LogP contribution in [-0.2, 0) is 10.0 Å². The number of nitrogens with one attached hydrogen (secondary N) is 2. The van der Waals surface area contributed by atoms with E-state index in [4.69, 9.17) is 0 Å². The molecule has 0 saturated heterocycles. The smallest absolute Gasteiger partial charge is 0.250 e. The molecule has 2 N–H and O–H groups in total. The molecule has 3 aromatic rings. The summed E-state index contributed by atoms with van der Waals surface area (Å²) in [5.41, 5.74) is 4.05. The first-order chi connectivity index (χ1) is 12.4. The third kappa shape index (κ3) is 3.70. The number of nitriles is 1. The van der Waals surface area contributed by atoms with Gasteiger partial charge in [-0.05, 0) is 36.9 Å². The fourth-order valence-corrected chi connectivity index (χ4v) is 4.87. The van der Waals surface area contributed by atoms with Crippen LogP contribution in [0.25, 0.3) is 10.9 Å². The van der Waals surface area contributed by atoms with Gasteiger partial charge in [-0.2, -0.15) is 5.26 Å². The van der Waals surface area contributed by atoms with Crippen molar-refractivity contribution in [3.8, 4) is 6.07 Å². The van der Waals surface area contributed by atoms with Gasteiger partial charge >= 0.3 is 0 Å². The van der Waals surface area contributed by atoms with Crippen molar-refractivity contribution in [1.29, 1.82) is 5.26 Å². The third-order valence-corrected chi connectivity index (χ3v) is 6.76. The molecule has 0 radical (unpaired) electrons. The van der Waals surface area contributed by atoms with Gasteiger partial charge in [-0.15, -0.1) is 11.3 Å². The summed E-state index contributed by atoms with van der Waals surface area (Å²) in [5.74, 6) is 0. The first-order valence-corrected chi connectivity index (χ1v) is 10.4. The Morgan fingerprint density at radius 1 is 1.27 bits per heavy atom. The van der Waals surface area contributed by atoms with Crippen LogP contribution in [0.3, 0.4) is 0 Å². The molecule has 0 amide bonds. The van der Waals surface area contributed by atoms with E-state index >= 15 is 0 Å². The number of anilines is 1. The molecule has 0 atom stereocenters. The second-order valence-corrected chi connectivity index (χ2v) is 8.83. The van der Waals surface area contributed by atoms with Crippen LogP contribution >= 0.6 is 11.3 Å². The predicted octanol–water partition coefficient (Wildman–Crippen LogP) is 3.18. The van der Waals surface area contributed by atoms with E-state index in [2.05, 4.69) is 21.1 Å². The van der Waals surface area contributed by atoms with E-state index in [0.29, 0.717) is 17.8 Å².